The number of H-pyrrole nitrogens is 2. The molecule has 0 amide bonds. The van der Waals surface area contributed by atoms with Crippen molar-refractivity contribution in [1.82, 2.24) is 44.7 Å². The number of benzene rings is 1. The number of anilines is 1. The van der Waals surface area contributed by atoms with Crippen LogP contribution >= 0.6 is 11.6 Å². The fourth-order valence-corrected chi connectivity index (χ4v) is 5.37. The van der Waals surface area contributed by atoms with Gasteiger partial charge in [0.25, 0.3) is 5.56 Å². The van der Waals surface area contributed by atoms with Gasteiger partial charge in [-0.3, -0.25) is 4.79 Å². The standard InChI is InChI=1S/C28H23ClN10O/c29-19-4-6-24(38-16-34-36-37-38)22(12-19)18-10-21-5-7-25(39(21)27(40)11-18)28-33-15-23(35-28)17-3-8-26(31-13-17)32-14-20-2-1-9-30-20/h1-4,6,8-13,15-16,25,30H,5,7,14H2,(H,31,32)(H,33,35)/t25-/m0/s1. The van der Waals surface area contributed by atoms with Crippen LogP contribution in [0.25, 0.3) is 28.1 Å². The number of halogens is 1. The van der Waals surface area contributed by atoms with Gasteiger partial charge in [-0.15, -0.1) is 5.10 Å². The first-order chi connectivity index (χ1) is 19.6. The van der Waals surface area contributed by atoms with Crippen LogP contribution in [0.2, 0.25) is 5.02 Å². The normalized spacial score (nSPS) is 14.4. The molecule has 1 aliphatic rings. The molecule has 0 aliphatic carbocycles. The Morgan fingerprint density at radius 2 is 2.00 bits per heavy atom. The lowest BCUT2D eigenvalue weighted by molar-refractivity contribution is 0.572. The predicted molar refractivity (Wildman–Crippen MR) is 150 cm³/mol. The molecule has 40 heavy (non-hydrogen) atoms. The van der Waals surface area contributed by atoms with Crippen LogP contribution in [0.15, 0.2) is 84.3 Å². The molecule has 6 aromatic rings. The first kappa shape index (κ1) is 24.0. The van der Waals surface area contributed by atoms with Crippen molar-refractivity contribution in [3.05, 3.63) is 112 Å². The zero-order valence-electron chi connectivity index (χ0n) is 21.1. The van der Waals surface area contributed by atoms with Crippen LogP contribution in [0, 0.1) is 0 Å². The highest BCUT2D eigenvalue weighted by Gasteiger charge is 2.28. The number of imidazole rings is 1. The molecular formula is C28H23ClN10O. The first-order valence-electron chi connectivity index (χ1n) is 12.8. The van der Waals surface area contributed by atoms with Crippen LogP contribution < -0.4 is 10.9 Å². The molecular weight excluding hydrogens is 528 g/mol. The van der Waals surface area contributed by atoms with Crippen molar-refractivity contribution < 1.29 is 0 Å². The summed E-state index contributed by atoms with van der Waals surface area (Å²) in [6.07, 6.45) is 8.52. The third-order valence-electron chi connectivity index (χ3n) is 7.11. The smallest absolute Gasteiger partial charge is 0.252 e. The summed E-state index contributed by atoms with van der Waals surface area (Å²) in [6, 6.07) is 16.8. The summed E-state index contributed by atoms with van der Waals surface area (Å²) in [5, 5.41) is 15.3. The van der Waals surface area contributed by atoms with E-state index in [9.17, 15) is 4.79 Å². The molecule has 11 nitrogen and oxygen atoms in total. The van der Waals surface area contributed by atoms with E-state index in [0.29, 0.717) is 11.6 Å². The fraction of sp³-hybridized carbons (Fsp3) is 0.143. The summed E-state index contributed by atoms with van der Waals surface area (Å²) in [7, 11) is 0. The average molecular weight is 551 g/mol. The minimum Gasteiger partial charge on any atom is -0.365 e. The summed E-state index contributed by atoms with van der Waals surface area (Å²) < 4.78 is 3.38. The Hall–Kier alpha value is -5.03. The van der Waals surface area contributed by atoms with Crippen molar-refractivity contribution in [3.8, 4) is 28.1 Å². The van der Waals surface area contributed by atoms with E-state index in [-0.39, 0.29) is 11.6 Å². The predicted octanol–water partition coefficient (Wildman–Crippen LogP) is 4.41. The first-order valence-corrected chi connectivity index (χ1v) is 13.2. The Morgan fingerprint density at radius 1 is 1.05 bits per heavy atom. The Kier molecular flexibility index (Phi) is 5.97. The van der Waals surface area contributed by atoms with Crippen molar-refractivity contribution in [2.24, 2.45) is 0 Å². The molecule has 7 rings (SSSR count). The second-order valence-electron chi connectivity index (χ2n) is 9.58. The van der Waals surface area contributed by atoms with Gasteiger partial charge >= 0.3 is 0 Å². The molecule has 0 saturated heterocycles. The van der Waals surface area contributed by atoms with Crippen molar-refractivity contribution in [3.63, 3.8) is 0 Å². The molecule has 0 bridgehead atoms. The summed E-state index contributed by atoms with van der Waals surface area (Å²) in [6.45, 7) is 0.668. The van der Waals surface area contributed by atoms with Gasteiger partial charge in [0.2, 0.25) is 0 Å². The van der Waals surface area contributed by atoms with Gasteiger partial charge in [-0.25, -0.2) is 9.97 Å². The molecule has 0 unspecified atom stereocenters. The van der Waals surface area contributed by atoms with E-state index in [4.69, 9.17) is 11.6 Å². The summed E-state index contributed by atoms with van der Waals surface area (Å²) in [5.41, 5.74) is 5.97. The number of fused-ring (bicyclic) bond motifs is 1. The number of pyridine rings is 2. The topological polar surface area (TPSA) is 135 Å². The SMILES string of the molecule is O=c1cc(-c2cc(Cl)ccc2-n2cnnn2)cc2n1[C@H](c1ncc(-c3ccc(NCc4ccc[nH]4)nc3)[nH]1)CC2. The molecule has 198 valence electrons. The van der Waals surface area contributed by atoms with Crippen LogP contribution in [0.3, 0.4) is 0 Å². The number of aryl methyl sites for hydroxylation is 1. The molecule has 5 aromatic heterocycles. The highest BCUT2D eigenvalue weighted by atomic mass is 35.5. The third-order valence-corrected chi connectivity index (χ3v) is 7.34. The second-order valence-corrected chi connectivity index (χ2v) is 10.0. The van der Waals surface area contributed by atoms with Gasteiger partial charge in [-0.2, -0.15) is 4.68 Å². The van der Waals surface area contributed by atoms with Gasteiger partial charge in [-0.05, 0) is 77.4 Å². The number of nitrogens with one attached hydrogen (secondary N) is 3. The second kappa shape index (κ2) is 9.93. The number of aromatic nitrogens is 9. The lowest BCUT2D eigenvalue weighted by Crippen LogP contribution is -2.23. The van der Waals surface area contributed by atoms with E-state index in [1.807, 2.05) is 59.4 Å². The van der Waals surface area contributed by atoms with E-state index in [1.165, 1.54) is 6.33 Å². The molecule has 1 atom stereocenters. The number of nitrogens with zero attached hydrogens (tertiary/aromatic N) is 7. The van der Waals surface area contributed by atoms with Crippen molar-refractivity contribution >= 4 is 17.4 Å². The molecule has 0 radical (unpaired) electrons. The number of aromatic amines is 2. The van der Waals surface area contributed by atoms with Gasteiger partial charge in [-0.1, -0.05) is 11.6 Å². The maximum Gasteiger partial charge on any atom is 0.252 e. The van der Waals surface area contributed by atoms with E-state index in [0.717, 1.165) is 63.9 Å². The molecule has 12 heteroatoms. The number of rotatable bonds is 7. The molecule has 1 aromatic carbocycles. The number of tetrazole rings is 1. The Morgan fingerprint density at radius 3 is 2.80 bits per heavy atom. The monoisotopic (exact) mass is 550 g/mol. The van der Waals surface area contributed by atoms with E-state index >= 15 is 0 Å². The number of hydrogen-bond acceptors (Lipinski definition) is 7. The maximum atomic E-state index is 13.5. The quantitative estimate of drug-likeness (QED) is 0.268. The Labute approximate surface area is 232 Å². The van der Waals surface area contributed by atoms with Gasteiger partial charge in [0.15, 0.2) is 0 Å². The van der Waals surface area contributed by atoms with Crippen LogP contribution in [-0.2, 0) is 13.0 Å². The van der Waals surface area contributed by atoms with E-state index in [2.05, 4.69) is 40.8 Å². The van der Waals surface area contributed by atoms with Gasteiger partial charge in [0, 0.05) is 46.0 Å². The van der Waals surface area contributed by atoms with E-state index < -0.39 is 0 Å². The molecule has 0 saturated carbocycles. The van der Waals surface area contributed by atoms with Crippen molar-refractivity contribution in [2.75, 3.05) is 5.32 Å². The lowest BCUT2D eigenvalue weighted by atomic mass is 10.0. The molecule has 3 N–H and O–H groups in total. The highest BCUT2D eigenvalue weighted by molar-refractivity contribution is 6.31. The highest BCUT2D eigenvalue weighted by Crippen LogP contribution is 2.34. The zero-order valence-corrected chi connectivity index (χ0v) is 21.9. The Balaban J connectivity index is 1.14. The molecule has 0 spiro atoms. The van der Waals surface area contributed by atoms with Crippen LogP contribution in [0.4, 0.5) is 5.82 Å². The van der Waals surface area contributed by atoms with Crippen LogP contribution in [0.1, 0.15) is 29.7 Å². The molecule has 1 aliphatic heterocycles. The van der Waals surface area contributed by atoms with Crippen molar-refractivity contribution in [1.29, 1.82) is 0 Å². The fourth-order valence-electron chi connectivity index (χ4n) is 5.19. The minimum atomic E-state index is -0.182. The van der Waals surface area contributed by atoms with Crippen LogP contribution in [0.5, 0.6) is 0 Å². The van der Waals surface area contributed by atoms with Crippen LogP contribution in [-0.4, -0.2) is 44.7 Å². The van der Waals surface area contributed by atoms with Gasteiger partial charge in [0.05, 0.1) is 30.2 Å². The largest absolute Gasteiger partial charge is 0.365 e. The summed E-state index contributed by atoms with van der Waals surface area (Å²) in [4.78, 5) is 29.2. The summed E-state index contributed by atoms with van der Waals surface area (Å²) >= 11 is 6.32. The van der Waals surface area contributed by atoms with Gasteiger partial charge in [0.1, 0.15) is 18.0 Å². The minimum absolute atomic E-state index is 0.102. The lowest BCUT2D eigenvalue weighted by Gasteiger charge is -2.15. The Bertz CT molecular complexity index is 1840. The summed E-state index contributed by atoms with van der Waals surface area (Å²) in [5.74, 6) is 1.53. The van der Waals surface area contributed by atoms with E-state index in [1.54, 1.807) is 23.0 Å². The van der Waals surface area contributed by atoms with Gasteiger partial charge < -0.3 is 19.9 Å². The molecule has 6 heterocycles. The maximum absolute atomic E-state index is 13.5. The number of hydrogen-bond donors (Lipinski definition) is 3. The third kappa shape index (κ3) is 4.46. The zero-order chi connectivity index (χ0) is 27.1. The van der Waals surface area contributed by atoms with Crippen molar-refractivity contribution in [2.45, 2.75) is 25.4 Å². The average Bonchev–Trinajstić information content (AvgIpc) is 3.79. The molecule has 0 fully saturated rings.